The number of halogens is 3. The fraction of sp³-hybridized carbons (Fsp3) is 0.154. The molecule has 0 aliphatic rings. The first-order valence-corrected chi connectivity index (χ1v) is 12.8. The summed E-state index contributed by atoms with van der Waals surface area (Å²) >= 11 is 16.5. The molecule has 0 unspecified atom stereocenters. The Hall–Kier alpha value is -3.99. The highest BCUT2D eigenvalue weighted by Crippen LogP contribution is 2.23. The summed E-state index contributed by atoms with van der Waals surface area (Å²) in [7, 11) is 3.87. The Kier molecular flexibility index (Phi) is 8.80. The maximum Gasteiger partial charge on any atom is 0.224 e. The standard InChI is InChI=1S/C13H12ClN5.C9H11N3.C4H2Cl2N2/c1-8-10-4-3-9(7-11(10)18-19(8)2)16-12-5-6-15-13(14)17-12;1-6-8-4-3-7(10)5-9(8)11-12(6)2;5-3-1-2-7-4(6)8-3/h3-7H,1-2H3,(H,15,16,17);3-5H,10H2,1-2H3;1-2H. The van der Waals surface area contributed by atoms with Gasteiger partial charge in [-0.05, 0) is 85.6 Å². The molecule has 10 nitrogen and oxygen atoms in total. The fourth-order valence-corrected chi connectivity index (χ4v) is 4.10. The summed E-state index contributed by atoms with van der Waals surface area (Å²) in [6.45, 7) is 4.10. The molecule has 0 atom stereocenters. The van der Waals surface area contributed by atoms with Crippen molar-refractivity contribution in [2.75, 3.05) is 11.1 Å². The van der Waals surface area contributed by atoms with Crippen LogP contribution in [0.25, 0.3) is 21.8 Å². The van der Waals surface area contributed by atoms with Crippen molar-refractivity contribution >= 4 is 73.8 Å². The molecule has 4 aromatic heterocycles. The second-order valence-corrected chi connectivity index (χ2v) is 9.47. The van der Waals surface area contributed by atoms with Gasteiger partial charge in [0.2, 0.25) is 10.6 Å². The van der Waals surface area contributed by atoms with E-state index in [-0.39, 0.29) is 10.6 Å². The number of nitrogen functional groups attached to an aromatic ring is 1. The van der Waals surface area contributed by atoms with E-state index in [1.54, 1.807) is 18.3 Å². The lowest BCUT2D eigenvalue weighted by molar-refractivity contribution is 0.751. The molecule has 0 amide bonds. The predicted molar refractivity (Wildman–Crippen MR) is 158 cm³/mol. The molecule has 0 aliphatic carbocycles. The van der Waals surface area contributed by atoms with Crippen LogP contribution in [0.3, 0.4) is 0 Å². The van der Waals surface area contributed by atoms with Gasteiger partial charge in [0.1, 0.15) is 11.0 Å². The van der Waals surface area contributed by atoms with Gasteiger partial charge in [0.15, 0.2) is 0 Å². The third kappa shape index (κ3) is 7.11. The van der Waals surface area contributed by atoms with E-state index in [1.165, 1.54) is 17.3 Å². The summed E-state index contributed by atoms with van der Waals surface area (Å²) in [6.07, 6.45) is 3.11. The lowest BCUT2D eigenvalue weighted by Crippen LogP contribution is -1.94. The Labute approximate surface area is 239 Å². The van der Waals surface area contributed by atoms with Gasteiger partial charge in [0.05, 0.1) is 11.0 Å². The number of nitrogens with one attached hydrogen (secondary N) is 1. The van der Waals surface area contributed by atoms with Crippen LogP contribution in [0.4, 0.5) is 17.2 Å². The summed E-state index contributed by atoms with van der Waals surface area (Å²) in [4.78, 5) is 15.1. The van der Waals surface area contributed by atoms with Crippen LogP contribution >= 0.6 is 34.8 Å². The molecule has 6 aromatic rings. The topological polar surface area (TPSA) is 125 Å². The van der Waals surface area contributed by atoms with Crippen molar-refractivity contribution in [2.24, 2.45) is 14.1 Å². The van der Waals surface area contributed by atoms with Crippen molar-refractivity contribution in [2.45, 2.75) is 13.8 Å². The zero-order valence-electron chi connectivity index (χ0n) is 21.6. The van der Waals surface area contributed by atoms with E-state index in [1.807, 2.05) is 73.7 Å². The molecule has 200 valence electrons. The summed E-state index contributed by atoms with van der Waals surface area (Å²) in [5, 5.41) is 15.0. The molecule has 6 rings (SSSR count). The van der Waals surface area contributed by atoms with Gasteiger partial charge < -0.3 is 11.1 Å². The second-order valence-electron chi connectivity index (χ2n) is 8.41. The Balaban J connectivity index is 0.000000150. The van der Waals surface area contributed by atoms with Crippen LogP contribution in [0, 0.1) is 13.8 Å². The average Bonchev–Trinajstić information content (AvgIpc) is 3.32. The Morgan fingerprint density at radius 3 is 1.85 bits per heavy atom. The predicted octanol–water partition coefficient (Wildman–Crippen LogP) is 6.32. The van der Waals surface area contributed by atoms with E-state index in [9.17, 15) is 0 Å². The summed E-state index contributed by atoms with van der Waals surface area (Å²) in [6, 6.07) is 15.1. The number of anilines is 3. The van der Waals surface area contributed by atoms with Gasteiger partial charge in [-0.25, -0.2) is 19.9 Å². The SMILES string of the molecule is Cc1c2ccc(N)cc2nn1C.Cc1c2ccc(Nc3ccnc(Cl)n3)cc2nn1C.Clc1ccnc(Cl)n1. The molecule has 39 heavy (non-hydrogen) atoms. The molecule has 4 heterocycles. The van der Waals surface area contributed by atoms with Gasteiger partial charge in [-0.2, -0.15) is 10.2 Å². The molecule has 3 N–H and O–H groups in total. The van der Waals surface area contributed by atoms with Crippen LogP contribution in [0.1, 0.15) is 11.4 Å². The smallest absolute Gasteiger partial charge is 0.224 e. The van der Waals surface area contributed by atoms with Gasteiger partial charge in [-0.15, -0.1) is 0 Å². The molecule has 0 fully saturated rings. The number of fused-ring (bicyclic) bond motifs is 2. The quantitative estimate of drug-likeness (QED) is 0.138. The van der Waals surface area contributed by atoms with Crippen LogP contribution in [0.2, 0.25) is 15.7 Å². The zero-order chi connectivity index (χ0) is 28.1. The number of nitrogens with zero attached hydrogens (tertiary/aromatic N) is 8. The first kappa shape index (κ1) is 28.0. The van der Waals surface area contributed by atoms with Crippen molar-refractivity contribution in [1.29, 1.82) is 0 Å². The molecular formula is C26H25Cl3N10. The molecule has 0 spiro atoms. The largest absolute Gasteiger partial charge is 0.399 e. The van der Waals surface area contributed by atoms with Crippen LogP contribution in [0.5, 0.6) is 0 Å². The minimum atomic E-state index is 0.178. The van der Waals surface area contributed by atoms with E-state index in [0.717, 1.165) is 33.5 Å². The molecular weight excluding hydrogens is 559 g/mol. The molecule has 0 saturated carbocycles. The van der Waals surface area contributed by atoms with Gasteiger partial charge in [-0.3, -0.25) is 9.36 Å². The Morgan fingerprint density at radius 1 is 0.718 bits per heavy atom. The molecule has 13 heteroatoms. The first-order chi connectivity index (χ1) is 18.6. The molecule has 0 radical (unpaired) electrons. The first-order valence-electron chi connectivity index (χ1n) is 11.6. The van der Waals surface area contributed by atoms with E-state index >= 15 is 0 Å². The van der Waals surface area contributed by atoms with Crippen LogP contribution in [-0.4, -0.2) is 39.5 Å². The van der Waals surface area contributed by atoms with Crippen LogP contribution in [0.15, 0.2) is 60.9 Å². The van der Waals surface area contributed by atoms with E-state index in [0.29, 0.717) is 11.0 Å². The highest BCUT2D eigenvalue weighted by Gasteiger charge is 2.06. The number of hydrogen-bond donors (Lipinski definition) is 2. The second kappa shape index (κ2) is 12.2. The van der Waals surface area contributed by atoms with Crippen molar-refractivity contribution in [1.82, 2.24) is 39.5 Å². The van der Waals surface area contributed by atoms with Crippen molar-refractivity contribution < 1.29 is 0 Å². The highest BCUT2D eigenvalue weighted by atomic mass is 35.5. The highest BCUT2D eigenvalue weighted by molar-refractivity contribution is 6.31. The summed E-state index contributed by atoms with van der Waals surface area (Å²) in [5.41, 5.74) is 11.5. The summed E-state index contributed by atoms with van der Waals surface area (Å²) in [5.74, 6) is 0.659. The maximum absolute atomic E-state index is 5.75. The molecule has 2 aromatic carbocycles. The van der Waals surface area contributed by atoms with Crippen molar-refractivity contribution in [3.05, 3.63) is 88.0 Å². The van der Waals surface area contributed by atoms with E-state index < -0.39 is 0 Å². The van der Waals surface area contributed by atoms with E-state index in [4.69, 9.17) is 40.5 Å². The normalized spacial score (nSPS) is 10.5. The van der Waals surface area contributed by atoms with Crippen LogP contribution < -0.4 is 11.1 Å². The Bertz CT molecular complexity index is 1730. The maximum atomic E-state index is 5.75. The molecule has 0 aliphatic heterocycles. The van der Waals surface area contributed by atoms with Gasteiger partial charge in [0, 0.05) is 60.0 Å². The minimum Gasteiger partial charge on any atom is -0.399 e. The third-order valence-electron chi connectivity index (χ3n) is 5.78. The molecule has 0 bridgehead atoms. The summed E-state index contributed by atoms with van der Waals surface area (Å²) < 4.78 is 3.74. The van der Waals surface area contributed by atoms with Crippen molar-refractivity contribution in [3.63, 3.8) is 0 Å². The number of benzene rings is 2. The number of aryl methyl sites for hydroxylation is 4. The molecule has 0 saturated heterocycles. The zero-order valence-corrected chi connectivity index (χ0v) is 23.8. The minimum absolute atomic E-state index is 0.178. The average molecular weight is 584 g/mol. The van der Waals surface area contributed by atoms with Gasteiger partial charge in [-0.1, -0.05) is 11.6 Å². The van der Waals surface area contributed by atoms with Gasteiger partial charge in [0.25, 0.3) is 0 Å². The lowest BCUT2D eigenvalue weighted by Gasteiger charge is -2.05. The van der Waals surface area contributed by atoms with E-state index in [2.05, 4.69) is 35.5 Å². The number of rotatable bonds is 2. The monoisotopic (exact) mass is 582 g/mol. The van der Waals surface area contributed by atoms with Crippen LogP contribution in [-0.2, 0) is 14.1 Å². The number of hydrogen-bond acceptors (Lipinski definition) is 8. The van der Waals surface area contributed by atoms with Gasteiger partial charge >= 0.3 is 0 Å². The fourth-order valence-electron chi connectivity index (χ4n) is 3.62. The Morgan fingerprint density at radius 2 is 1.28 bits per heavy atom. The number of nitrogens with two attached hydrogens (primary N) is 1. The van der Waals surface area contributed by atoms with Crippen molar-refractivity contribution in [3.8, 4) is 0 Å². The third-order valence-corrected chi connectivity index (χ3v) is 6.35. The lowest BCUT2D eigenvalue weighted by atomic mass is 10.2. The number of aromatic nitrogens is 8.